The van der Waals surface area contributed by atoms with Gasteiger partial charge in [-0.2, -0.15) is 0 Å². The van der Waals surface area contributed by atoms with Gasteiger partial charge in [-0.15, -0.1) is 0 Å². The first-order chi connectivity index (χ1) is 7.51. The van der Waals surface area contributed by atoms with Crippen LogP contribution in [-0.2, 0) is 4.79 Å². The summed E-state index contributed by atoms with van der Waals surface area (Å²) < 4.78 is 0. The number of aliphatic hydroxyl groups excluding tert-OH is 1. The summed E-state index contributed by atoms with van der Waals surface area (Å²) in [6, 6.07) is 0. The largest absolute Gasteiger partial charge is 0.393 e. The molecule has 2 unspecified atom stereocenters. The average molecular weight is 229 g/mol. The number of rotatable bonds is 8. The molecule has 3 nitrogen and oxygen atoms in total. The fourth-order valence-electron chi connectivity index (χ4n) is 1.83. The van der Waals surface area contributed by atoms with Crippen molar-refractivity contribution in [1.82, 2.24) is 4.90 Å². The molecule has 0 spiro atoms. The Labute approximate surface area is 99.8 Å². The standard InChI is InChI=1S/C13H27NO2/c1-5-7-8-11(6-2)9-12(15)10-13(16)14(3)4/h11-12,15H,5-10H2,1-4H3. The number of aliphatic hydroxyl groups is 1. The van der Waals surface area contributed by atoms with E-state index in [9.17, 15) is 9.90 Å². The van der Waals surface area contributed by atoms with Crippen molar-refractivity contribution in [3.05, 3.63) is 0 Å². The molecule has 0 saturated carbocycles. The summed E-state index contributed by atoms with van der Waals surface area (Å²) in [5.74, 6) is 0.572. The first-order valence-electron chi connectivity index (χ1n) is 6.39. The Morgan fingerprint density at radius 2 is 1.94 bits per heavy atom. The van der Waals surface area contributed by atoms with Crippen LogP contribution >= 0.6 is 0 Å². The minimum atomic E-state index is -0.475. The molecule has 0 aromatic carbocycles. The molecular formula is C13H27NO2. The van der Waals surface area contributed by atoms with Crippen molar-refractivity contribution >= 4 is 5.91 Å². The van der Waals surface area contributed by atoms with Crippen LogP contribution in [0.2, 0.25) is 0 Å². The van der Waals surface area contributed by atoms with Gasteiger partial charge in [0.05, 0.1) is 12.5 Å². The fraction of sp³-hybridized carbons (Fsp3) is 0.923. The van der Waals surface area contributed by atoms with Crippen LogP contribution in [0.15, 0.2) is 0 Å². The van der Waals surface area contributed by atoms with E-state index in [2.05, 4.69) is 13.8 Å². The Morgan fingerprint density at radius 1 is 1.31 bits per heavy atom. The first kappa shape index (κ1) is 15.4. The van der Waals surface area contributed by atoms with Crippen LogP contribution < -0.4 is 0 Å². The predicted molar refractivity (Wildman–Crippen MR) is 67.2 cm³/mol. The molecule has 96 valence electrons. The minimum absolute atomic E-state index is 0.0119. The fourth-order valence-corrected chi connectivity index (χ4v) is 1.83. The van der Waals surface area contributed by atoms with Crippen molar-refractivity contribution in [2.45, 2.75) is 58.5 Å². The highest BCUT2D eigenvalue weighted by Crippen LogP contribution is 2.19. The normalized spacial score (nSPS) is 14.6. The van der Waals surface area contributed by atoms with Gasteiger partial charge in [-0.3, -0.25) is 4.79 Å². The summed E-state index contributed by atoms with van der Waals surface area (Å²) in [5.41, 5.74) is 0. The Balaban J connectivity index is 3.90. The molecule has 1 N–H and O–H groups in total. The van der Waals surface area contributed by atoms with Crippen LogP contribution in [0.25, 0.3) is 0 Å². The minimum Gasteiger partial charge on any atom is -0.393 e. The molecule has 1 amide bonds. The molecule has 0 aliphatic heterocycles. The summed E-state index contributed by atoms with van der Waals surface area (Å²) >= 11 is 0. The third kappa shape index (κ3) is 6.83. The van der Waals surface area contributed by atoms with Crippen molar-refractivity contribution in [3.8, 4) is 0 Å². The lowest BCUT2D eigenvalue weighted by molar-refractivity contribution is -0.130. The number of amides is 1. The van der Waals surface area contributed by atoms with E-state index in [1.54, 1.807) is 14.1 Å². The van der Waals surface area contributed by atoms with Crippen molar-refractivity contribution in [3.63, 3.8) is 0 Å². The van der Waals surface area contributed by atoms with E-state index in [1.165, 1.54) is 24.2 Å². The molecule has 2 atom stereocenters. The lowest BCUT2D eigenvalue weighted by atomic mass is 9.92. The average Bonchev–Trinajstić information content (AvgIpc) is 2.23. The zero-order chi connectivity index (χ0) is 12.6. The quantitative estimate of drug-likeness (QED) is 0.694. The van der Waals surface area contributed by atoms with Crippen molar-refractivity contribution in [2.24, 2.45) is 5.92 Å². The summed E-state index contributed by atoms with van der Waals surface area (Å²) in [6.07, 6.45) is 5.21. The highest BCUT2D eigenvalue weighted by Gasteiger charge is 2.16. The van der Waals surface area contributed by atoms with Crippen LogP contribution in [0.1, 0.15) is 52.4 Å². The monoisotopic (exact) mass is 229 g/mol. The van der Waals surface area contributed by atoms with Gasteiger partial charge in [-0.05, 0) is 12.3 Å². The zero-order valence-electron chi connectivity index (χ0n) is 11.2. The molecule has 0 aliphatic carbocycles. The van der Waals surface area contributed by atoms with Crippen molar-refractivity contribution in [2.75, 3.05) is 14.1 Å². The molecule has 0 heterocycles. The summed E-state index contributed by atoms with van der Waals surface area (Å²) in [4.78, 5) is 12.9. The third-order valence-electron chi connectivity index (χ3n) is 3.06. The van der Waals surface area contributed by atoms with Crippen LogP contribution in [0.5, 0.6) is 0 Å². The number of carbonyl (C=O) groups is 1. The summed E-state index contributed by atoms with van der Waals surface area (Å²) in [7, 11) is 3.45. The molecule has 0 bridgehead atoms. The van der Waals surface area contributed by atoms with Gasteiger partial charge in [-0.1, -0.05) is 39.5 Å². The van der Waals surface area contributed by atoms with Gasteiger partial charge in [0, 0.05) is 14.1 Å². The molecule has 0 radical (unpaired) electrons. The van der Waals surface area contributed by atoms with E-state index in [-0.39, 0.29) is 12.3 Å². The topological polar surface area (TPSA) is 40.5 Å². The summed E-state index contributed by atoms with van der Waals surface area (Å²) in [5, 5.41) is 9.82. The number of hydrogen-bond donors (Lipinski definition) is 1. The molecule has 0 fully saturated rings. The number of carbonyl (C=O) groups excluding carboxylic acids is 1. The second-order valence-corrected chi connectivity index (χ2v) is 4.80. The maximum absolute atomic E-state index is 11.4. The molecule has 0 aliphatic rings. The SMILES string of the molecule is CCCCC(CC)CC(O)CC(=O)N(C)C. The van der Waals surface area contributed by atoms with Crippen molar-refractivity contribution < 1.29 is 9.90 Å². The van der Waals surface area contributed by atoms with Gasteiger partial charge in [0.2, 0.25) is 5.91 Å². The molecular weight excluding hydrogens is 202 g/mol. The van der Waals surface area contributed by atoms with Crippen LogP contribution in [0, 0.1) is 5.92 Å². The van der Waals surface area contributed by atoms with E-state index < -0.39 is 6.10 Å². The molecule has 0 aromatic rings. The van der Waals surface area contributed by atoms with Gasteiger partial charge < -0.3 is 10.0 Å². The van der Waals surface area contributed by atoms with Gasteiger partial charge in [0.25, 0.3) is 0 Å². The maximum Gasteiger partial charge on any atom is 0.224 e. The van der Waals surface area contributed by atoms with E-state index in [4.69, 9.17) is 0 Å². The van der Waals surface area contributed by atoms with Gasteiger partial charge in [0.1, 0.15) is 0 Å². The van der Waals surface area contributed by atoms with E-state index in [0.29, 0.717) is 5.92 Å². The van der Waals surface area contributed by atoms with Crippen LogP contribution in [0.3, 0.4) is 0 Å². The number of nitrogens with zero attached hydrogens (tertiary/aromatic N) is 1. The molecule has 3 heteroatoms. The molecule has 0 saturated heterocycles. The maximum atomic E-state index is 11.4. The molecule has 0 rings (SSSR count). The Hall–Kier alpha value is -0.570. The Morgan fingerprint density at radius 3 is 2.38 bits per heavy atom. The van der Waals surface area contributed by atoms with Crippen LogP contribution in [0.4, 0.5) is 0 Å². The van der Waals surface area contributed by atoms with Gasteiger partial charge in [-0.25, -0.2) is 0 Å². The number of unbranched alkanes of at least 4 members (excludes halogenated alkanes) is 1. The third-order valence-corrected chi connectivity index (χ3v) is 3.06. The van der Waals surface area contributed by atoms with E-state index in [1.807, 2.05) is 0 Å². The predicted octanol–water partition coefficient (Wildman–Crippen LogP) is 2.43. The van der Waals surface area contributed by atoms with Gasteiger partial charge >= 0.3 is 0 Å². The zero-order valence-corrected chi connectivity index (χ0v) is 11.2. The number of hydrogen-bond acceptors (Lipinski definition) is 2. The van der Waals surface area contributed by atoms with E-state index >= 15 is 0 Å². The summed E-state index contributed by atoms with van der Waals surface area (Å²) in [6.45, 7) is 4.33. The van der Waals surface area contributed by atoms with Crippen molar-refractivity contribution in [1.29, 1.82) is 0 Å². The highest BCUT2D eigenvalue weighted by molar-refractivity contribution is 5.75. The highest BCUT2D eigenvalue weighted by atomic mass is 16.3. The Kier molecular flexibility index (Phi) is 8.26. The second kappa shape index (κ2) is 8.57. The first-order valence-corrected chi connectivity index (χ1v) is 6.39. The lowest BCUT2D eigenvalue weighted by Crippen LogP contribution is -2.27. The lowest BCUT2D eigenvalue weighted by Gasteiger charge is -2.19. The smallest absolute Gasteiger partial charge is 0.224 e. The Bertz CT molecular complexity index is 192. The van der Waals surface area contributed by atoms with Crippen LogP contribution in [-0.4, -0.2) is 36.1 Å². The molecule has 0 aromatic heterocycles. The second-order valence-electron chi connectivity index (χ2n) is 4.80. The van der Waals surface area contributed by atoms with Gasteiger partial charge in [0.15, 0.2) is 0 Å². The molecule has 16 heavy (non-hydrogen) atoms. The van der Waals surface area contributed by atoms with E-state index in [0.717, 1.165) is 12.8 Å².